The van der Waals surface area contributed by atoms with E-state index < -0.39 is 6.10 Å². The second kappa shape index (κ2) is 44.1. The van der Waals surface area contributed by atoms with Crippen molar-refractivity contribution in [3.63, 3.8) is 0 Å². The minimum atomic E-state index is -0.786. The first-order valence-electron chi connectivity index (χ1n) is 23.2. The zero-order valence-electron chi connectivity index (χ0n) is 36.2. The van der Waals surface area contributed by atoms with Crippen LogP contribution < -0.4 is 0 Å². The molecule has 0 bridgehead atoms. The molecule has 318 valence electrons. The van der Waals surface area contributed by atoms with Crippen molar-refractivity contribution in [1.82, 2.24) is 0 Å². The second-order valence-electron chi connectivity index (χ2n) is 15.3. The standard InChI is InChI=1S/C49H86O6/c1-4-7-10-13-16-19-21-23-24-25-26-28-30-33-36-39-42-48(51)54-45-46(44-53-47(50)41-38-35-32-29-18-15-12-9-6-3)55-49(52)43-40-37-34-31-27-22-20-17-14-11-8-5-2/h8,11,17,20,24-26,28,46H,4-7,9-10,12-16,18-19,21-23,27,29-45H2,1-3H3/b11-8-,20-17-,25-24-,28-26-. The third-order valence-electron chi connectivity index (χ3n) is 9.85. The van der Waals surface area contributed by atoms with Crippen molar-refractivity contribution >= 4 is 17.9 Å². The number of esters is 3. The molecule has 1 atom stereocenters. The summed E-state index contributed by atoms with van der Waals surface area (Å²) in [5, 5.41) is 0. The molecule has 0 aliphatic carbocycles. The average Bonchev–Trinajstić information content (AvgIpc) is 3.18. The van der Waals surface area contributed by atoms with Crippen LogP contribution in [0.15, 0.2) is 48.6 Å². The van der Waals surface area contributed by atoms with Crippen LogP contribution in [0.1, 0.15) is 226 Å². The van der Waals surface area contributed by atoms with Crippen LogP contribution in [0.3, 0.4) is 0 Å². The van der Waals surface area contributed by atoms with E-state index in [-0.39, 0.29) is 31.1 Å². The number of rotatable bonds is 41. The van der Waals surface area contributed by atoms with Crippen molar-refractivity contribution in [1.29, 1.82) is 0 Å². The van der Waals surface area contributed by atoms with Gasteiger partial charge in [-0.1, -0.05) is 185 Å². The third kappa shape index (κ3) is 42.4. The zero-order chi connectivity index (χ0) is 40.1. The maximum Gasteiger partial charge on any atom is 0.306 e. The number of allylic oxidation sites excluding steroid dienone is 8. The van der Waals surface area contributed by atoms with Gasteiger partial charge in [0.15, 0.2) is 6.10 Å². The molecule has 0 rings (SSSR count). The summed E-state index contributed by atoms with van der Waals surface area (Å²) in [5.41, 5.74) is 0. The highest BCUT2D eigenvalue weighted by atomic mass is 16.6. The quantitative estimate of drug-likeness (QED) is 0.0202. The molecule has 0 aromatic carbocycles. The highest BCUT2D eigenvalue weighted by Crippen LogP contribution is 2.13. The summed E-state index contributed by atoms with van der Waals surface area (Å²) < 4.78 is 16.7. The van der Waals surface area contributed by atoms with E-state index in [2.05, 4.69) is 69.4 Å². The molecular weight excluding hydrogens is 685 g/mol. The number of carbonyl (C=O) groups excluding carboxylic acids is 3. The Bertz CT molecular complexity index is 980. The highest BCUT2D eigenvalue weighted by Gasteiger charge is 2.19. The summed E-state index contributed by atoms with van der Waals surface area (Å²) in [6.45, 7) is 6.46. The molecule has 6 heteroatoms. The predicted octanol–water partition coefficient (Wildman–Crippen LogP) is 14.8. The Balaban J connectivity index is 4.40. The summed E-state index contributed by atoms with van der Waals surface area (Å²) >= 11 is 0. The smallest absolute Gasteiger partial charge is 0.306 e. The molecule has 0 saturated carbocycles. The van der Waals surface area contributed by atoms with Crippen LogP contribution in [0, 0.1) is 0 Å². The number of ether oxygens (including phenoxy) is 3. The number of hydrogen-bond acceptors (Lipinski definition) is 6. The fraction of sp³-hybridized carbons (Fsp3) is 0.776. The third-order valence-corrected chi connectivity index (χ3v) is 9.85. The largest absolute Gasteiger partial charge is 0.462 e. The Morgan fingerprint density at radius 2 is 0.764 bits per heavy atom. The molecule has 0 aromatic rings. The van der Waals surface area contributed by atoms with Crippen molar-refractivity contribution in [3.05, 3.63) is 48.6 Å². The Labute approximate surface area is 339 Å². The lowest BCUT2D eigenvalue weighted by atomic mass is 10.1. The van der Waals surface area contributed by atoms with Gasteiger partial charge < -0.3 is 14.2 Å². The minimum Gasteiger partial charge on any atom is -0.462 e. The number of unbranched alkanes of at least 4 members (excludes halogenated alkanes) is 23. The van der Waals surface area contributed by atoms with Crippen LogP contribution in [-0.4, -0.2) is 37.2 Å². The lowest BCUT2D eigenvalue weighted by molar-refractivity contribution is -0.167. The average molecular weight is 771 g/mol. The molecule has 0 aliphatic rings. The first-order valence-corrected chi connectivity index (χ1v) is 23.2. The van der Waals surface area contributed by atoms with Crippen LogP contribution in [-0.2, 0) is 28.6 Å². The van der Waals surface area contributed by atoms with Gasteiger partial charge in [-0.25, -0.2) is 0 Å². The molecule has 55 heavy (non-hydrogen) atoms. The molecule has 0 N–H and O–H groups in total. The molecule has 0 amide bonds. The topological polar surface area (TPSA) is 78.9 Å². The molecule has 6 nitrogen and oxygen atoms in total. The predicted molar refractivity (Wildman–Crippen MR) is 233 cm³/mol. The monoisotopic (exact) mass is 771 g/mol. The Morgan fingerprint density at radius 1 is 0.400 bits per heavy atom. The second-order valence-corrected chi connectivity index (χ2v) is 15.3. The van der Waals surface area contributed by atoms with Crippen molar-refractivity contribution in [2.45, 2.75) is 232 Å². The van der Waals surface area contributed by atoms with Crippen molar-refractivity contribution in [2.24, 2.45) is 0 Å². The summed E-state index contributed by atoms with van der Waals surface area (Å²) in [6.07, 6.45) is 51.0. The fourth-order valence-corrected chi connectivity index (χ4v) is 6.35. The molecular formula is C49H86O6. The fourth-order valence-electron chi connectivity index (χ4n) is 6.35. The van der Waals surface area contributed by atoms with Gasteiger partial charge in [0, 0.05) is 19.3 Å². The van der Waals surface area contributed by atoms with Crippen LogP contribution >= 0.6 is 0 Å². The van der Waals surface area contributed by atoms with E-state index in [1.807, 2.05) is 0 Å². The molecule has 0 saturated heterocycles. The van der Waals surface area contributed by atoms with Gasteiger partial charge in [-0.05, 0) is 70.6 Å². The van der Waals surface area contributed by atoms with Gasteiger partial charge in [-0.2, -0.15) is 0 Å². The number of carbonyl (C=O) groups is 3. The van der Waals surface area contributed by atoms with Crippen molar-refractivity contribution in [2.75, 3.05) is 13.2 Å². The van der Waals surface area contributed by atoms with Crippen LogP contribution in [0.5, 0.6) is 0 Å². The molecule has 0 heterocycles. The van der Waals surface area contributed by atoms with Crippen LogP contribution in [0.2, 0.25) is 0 Å². The summed E-state index contributed by atoms with van der Waals surface area (Å²) in [4.78, 5) is 37.7. The maximum atomic E-state index is 12.7. The maximum absolute atomic E-state index is 12.7. The SMILES string of the molecule is CC/C=C\C/C=C\CCCCCCCC(=O)OC(COC(=O)CCCCC/C=C\C=C/CCCCCCCCC)COC(=O)CCCCCCCCCCC. The number of hydrogen-bond donors (Lipinski definition) is 0. The summed E-state index contributed by atoms with van der Waals surface area (Å²) in [6, 6.07) is 0. The van der Waals surface area contributed by atoms with E-state index in [4.69, 9.17) is 14.2 Å². The molecule has 1 unspecified atom stereocenters. The van der Waals surface area contributed by atoms with E-state index in [1.54, 1.807) is 0 Å². The van der Waals surface area contributed by atoms with Gasteiger partial charge in [0.2, 0.25) is 0 Å². The molecule has 0 aliphatic heterocycles. The van der Waals surface area contributed by atoms with Crippen molar-refractivity contribution in [3.8, 4) is 0 Å². The lowest BCUT2D eigenvalue weighted by Crippen LogP contribution is -2.30. The Morgan fingerprint density at radius 3 is 1.22 bits per heavy atom. The van der Waals surface area contributed by atoms with Gasteiger partial charge in [0.1, 0.15) is 13.2 Å². The molecule has 0 fully saturated rings. The lowest BCUT2D eigenvalue weighted by Gasteiger charge is -2.18. The van der Waals surface area contributed by atoms with Gasteiger partial charge >= 0.3 is 17.9 Å². The Hall–Kier alpha value is -2.63. The van der Waals surface area contributed by atoms with E-state index in [9.17, 15) is 14.4 Å². The van der Waals surface area contributed by atoms with E-state index >= 15 is 0 Å². The molecule has 0 radical (unpaired) electrons. The van der Waals surface area contributed by atoms with Gasteiger partial charge in [-0.3, -0.25) is 14.4 Å². The van der Waals surface area contributed by atoms with Gasteiger partial charge in [-0.15, -0.1) is 0 Å². The first kappa shape index (κ1) is 52.4. The van der Waals surface area contributed by atoms with E-state index in [1.165, 1.54) is 83.5 Å². The molecule has 0 spiro atoms. The first-order chi connectivity index (χ1) is 27.0. The summed E-state index contributed by atoms with van der Waals surface area (Å²) in [7, 11) is 0. The minimum absolute atomic E-state index is 0.0864. The normalized spacial score (nSPS) is 12.4. The highest BCUT2D eigenvalue weighted by molar-refractivity contribution is 5.71. The molecule has 0 aromatic heterocycles. The van der Waals surface area contributed by atoms with Gasteiger partial charge in [0.05, 0.1) is 0 Å². The van der Waals surface area contributed by atoms with Crippen molar-refractivity contribution < 1.29 is 28.6 Å². The van der Waals surface area contributed by atoms with Crippen LogP contribution in [0.4, 0.5) is 0 Å². The van der Waals surface area contributed by atoms with Crippen LogP contribution in [0.25, 0.3) is 0 Å². The Kier molecular flexibility index (Phi) is 42.0. The van der Waals surface area contributed by atoms with E-state index in [0.29, 0.717) is 19.3 Å². The van der Waals surface area contributed by atoms with Gasteiger partial charge in [0.25, 0.3) is 0 Å². The summed E-state index contributed by atoms with van der Waals surface area (Å²) in [5.74, 6) is -0.932. The van der Waals surface area contributed by atoms with E-state index in [0.717, 1.165) is 103 Å². The zero-order valence-corrected chi connectivity index (χ0v) is 36.2.